The highest BCUT2D eigenvalue weighted by Gasteiger charge is 2.18. The SMILES string of the molecule is COc1ccccc1OCc1nnc(SCC(=O)N2CCOCC2)n1C. The Kier molecular flexibility index (Phi) is 6.35. The zero-order valence-corrected chi connectivity index (χ0v) is 15.7. The number of nitrogens with zero attached hydrogens (tertiary/aromatic N) is 4. The molecule has 8 nitrogen and oxygen atoms in total. The topological polar surface area (TPSA) is 78.7 Å². The first-order valence-electron chi connectivity index (χ1n) is 8.31. The molecule has 1 fully saturated rings. The van der Waals surface area contributed by atoms with Crippen molar-refractivity contribution in [2.24, 2.45) is 7.05 Å². The van der Waals surface area contributed by atoms with Gasteiger partial charge < -0.3 is 23.7 Å². The van der Waals surface area contributed by atoms with Gasteiger partial charge in [-0.3, -0.25) is 4.79 Å². The fraction of sp³-hybridized carbons (Fsp3) is 0.471. The van der Waals surface area contributed by atoms with Crippen molar-refractivity contribution in [3.63, 3.8) is 0 Å². The number of benzene rings is 1. The number of morpholine rings is 1. The van der Waals surface area contributed by atoms with Crippen LogP contribution in [0.2, 0.25) is 0 Å². The molecule has 0 atom stereocenters. The van der Waals surface area contributed by atoms with E-state index in [9.17, 15) is 4.79 Å². The molecule has 26 heavy (non-hydrogen) atoms. The first-order valence-corrected chi connectivity index (χ1v) is 9.30. The average Bonchev–Trinajstić information content (AvgIpc) is 3.05. The molecule has 1 amide bonds. The summed E-state index contributed by atoms with van der Waals surface area (Å²) < 4.78 is 18.2. The number of rotatable bonds is 7. The third kappa shape index (κ3) is 4.47. The molecule has 9 heteroatoms. The second-order valence-electron chi connectivity index (χ2n) is 5.68. The van der Waals surface area contributed by atoms with Crippen molar-refractivity contribution in [2.75, 3.05) is 39.2 Å². The first kappa shape index (κ1) is 18.5. The highest BCUT2D eigenvalue weighted by Crippen LogP contribution is 2.26. The Bertz CT molecular complexity index is 746. The molecule has 0 bridgehead atoms. The summed E-state index contributed by atoms with van der Waals surface area (Å²) in [4.78, 5) is 14.0. The minimum absolute atomic E-state index is 0.0909. The Balaban J connectivity index is 1.55. The maximum absolute atomic E-state index is 12.2. The van der Waals surface area contributed by atoms with E-state index in [0.717, 1.165) is 0 Å². The molecule has 3 rings (SSSR count). The number of carbonyl (C=O) groups excluding carboxylic acids is 1. The van der Waals surface area contributed by atoms with Crippen LogP contribution in [0.1, 0.15) is 5.82 Å². The predicted molar refractivity (Wildman–Crippen MR) is 96.5 cm³/mol. The van der Waals surface area contributed by atoms with Crippen LogP contribution in [0.4, 0.5) is 0 Å². The van der Waals surface area contributed by atoms with E-state index in [1.807, 2.05) is 40.8 Å². The Morgan fingerprint density at radius 1 is 1.23 bits per heavy atom. The lowest BCUT2D eigenvalue weighted by Gasteiger charge is -2.26. The normalized spacial score (nSPS) is 14.3. The van der Waals surface area contributed by atoms with E-state index in [2.05, 4.69) is 10.2 Å². The fourth-order valence-corrected chi connectivity index (χ4v) is 3.34. The third-order valence-corrected chi connectivity index (χ3v) is 5.04. The van der Waals surface area contributed by atoms with Gasteiger partial charge >= 0.3 is 0 Å². The molecule has 0 radical (unpaired) electrons. The van der Waals surface area contributed by atoms with Crippen LogP contribution in [-0.4, -0.2) is 64.7 Å². The van der Waals surface area contributed by atoms with Crippen LogP contribution in [0.3, 0.4) is 0 Å². The van der Waals surface area contributed by atoms with Gasteiger partial charge in [0.15, 0.2) is 22.5 Å². The lowest BCUT2D eigenvalue weighted by molar-refractivity contribution is -0.132. The lowest BCUT2D eigenvalue weighted by atomic mass is 10.3. The quantitative estimate of drug-likeness (QED) is 0.673. The molecule has 1 saturated heterocycles. The molecule has 0 N–H and O–H groups in total. The summed E-state index contributed by atoms with van der Waals surface area (Å²) >= 11 is 1.38. The van der Waals surface area contributed by atoms with Crippen molar-refractivity contribution in [1.82, 2.24) is 19.7 Å². The Morgan fingerprint density at radius 3 is 2.69 bits per heavy atom. The Labute approximate surface area is 156 Å². The van der Waals surface area contributed by atoms with Gasteiger partial charge in [-0.1, -0.05) is 23.9 Å². The van der Waals surface area contributed by atoms with E-state index in [0.29, 0.717) is 54.5 Å². The van der Waals surface area contributed by atoms with Gasteiger partial charge in [-0.05, 0) is 12.1 Å². The zero-order valence-electron chi connectivity index (χ0n) is 14.9. The summed E-state index contributed by atoms with van der Waals surface area (Å²) in [6.45, 7) is 2.77. The number of amides is 1. The van der Waals surface area contributed by atoms with E-state index in [4.69, 9.17) is 14.2 Å². The molecule has 0 spiro atoms. The monoisotopic (exact) mass is 378 g/mol. The third-order valence-electron chi connectivity index (χ3n) is 4.04. The van der Waals surface area contributed by atoms with Crippen molar-refractivity contribution in [3.05, 3.63) is 30.1 Å². The van der Waals surface area contributed by atoms with Gasteiger partial charge in [0.05, 0.1) is 26.1 Å². The van der Waals surface area contributed by atoms with Gasteiger partial charge in [-0.15, -0.1) is 10.2 Å². The minimum Gasteiger partial charge on any atom is -0.493 e. The standard InChI is InChI=1S/C17H22N4O4S/c1-20-15(11-25-14-6-4-3-5-13(14)23-2)18-19-17(20)26-12-16(22)21-7-9-24-10-8-21/h3-6H,7-12H2,1-2H3. The van der Waals surface area contributed by atoms with Crippen LogP contribution in [-0.2, 0) is 23.2 Å². The van der Waals surface area contributed by atoms with Gasteiger partial charge in [-0.2, -0.15) is 0 Å². The highest BCUT2D eigenvalue weighted by molar-refractivity contribution is 7.99. The summed E-state index contributed by atoms with van der Waals surface area (Å²) in [5, 5.41) is 9.00. The number of ether oxygens (including phenoxy) is 3. The zero-order chi connectivity index (χ0) is 18.4. The second-order valence-corrected chi connectivity index (χ2v) is 6.62. The van der Waals surface area contributed by atoms with Crippen LogP contribution in [0.15, 0.2) is 29.4 Å². The molecular weight excluding hydrogens is 356 g/mol. The molecule has 0 unspecified atom stereocenters. The molecule has 1 aliphatic heterocycles. The number of aromatic nitrogens is 3. The van der Waals surface area contributed by atoms with Gasteiger partial charge in [0.1, 0.15) is 6.61 Å². The number of para-hydroxylation sites is 2. The van der Waals surface area contributed by atoms with Crippen LogP contribution < -0.4 is 9.47 Å². The second kappa shape index (κ2) is 8.91. The van der Waals surface area contributed by atoms with E-state index < -0.39 is 0 Å². The summed E-state index contributed by atoms with van der Waals surface area (Å²) in [5.41, 5.74) is 0. The molecule has 2 heterocycles. The van der Waals surface area contributed by atoms with E-state index >= 15 is 0 Å². The van der Waals surface area contributed by atoms with E-state index in [1.54, 1.807) is 7.11 Å². The van der Waals surface area contributed by atoms with E-state index in [1.165, 1.54) is 11.8 Å². The molecule has 2 aromatic rings. The van der Waals surface area contributed by atoms with Gasteiger partial charge in [0.2, 0.25) is 5.91 Å². The smallest absolute Gasteiger partial charge is 0.233 e. The number of carbonyl (C=O) groups is 1. The summed E-state index contributed by atoms with van der Waals surface area (Å²) in [6, 6.07) is 7.44. The summed E-state index contributed by atoms with van der Waals surface area (Å²) in [7, 11) is 3.47. The largest absolute Gasteiger partial charge is 0.493 e. The van der Waals surface area contributed by atoms with Crippen molar-refractivity contribution in [2.45, 2.75) is 11.8 Å². The molecule has 0 saturated carbocycles. The number of hydrogen-bond donors (Lipinski definition) is 0. The Morgan fingerprint density at radius 2 is 1.96 bits per heavy atom. The maximum atomic E-state index is 12.2. The first-order chi connectivity index (χ1) is 12.7. The van der Waals surface area contributed by atoms with Crippen molar-refractivity contribution in [1.29, 1.82) is 0 Å². The van der Waals surface area contributed by atoms with Crippen molar-refractivity contribution >= 4 is 17.7 Å². The lowest BCUT2D eigenvalue weighted by Crippen LogP contribution is -2.41. The average molecular weight is 378 g/mol. The molecule has 1 aromatic heterocycles. The van der Waals surface area contributed by atoms with Crippen LogP contribution in [0.5, 0.6) is 11.5 Å². The number of thioether (sulfide) groups is 1. The van der Waals surface area contributed by atoms with E-state index in [-0.39, 0.29) is 12.5 Å². The molecule has 1 aromatic carbocycles. The van der Waals surface area contributed by atoms with Crippen LogP contribution >= 0.6 is 11.8 Å². The number of hydrogen-bond acceptors (Lipinski definition) is 7. The summed E-state index contributed by atoms with van der Waals surface area (Å²) in [6.07, 6.45) is 0. The van der Waals surface area contributed by atoms with Gasteiger partial charge in [0, 0.05) is 20.1 Å². The Hall–Kier alpha value is -2.26. The maximum Gasteiger partial charge on any atom is 0.233 e. The van der Waals surface area contributed by atoms with Gasteiger partial charge in [0.25, 0.3) is 0 Å². The van der Waals surface area contributed by atoms with Crippen LogP contribution in [0.25, 0.3) is 0 Å². The highest BCUT2D eigenvalue weighted by atomic mass is 32.2. The molecule has 1 aliphatic rings. The van der Waals surface area contributed by atoms with Gasteiger partial charge in [-0.25, -0.2) is 0 Å². The molecule has 140 valence electrons. The minimum atomic E-state index is 0.0909. The number of methoxy groups -OCH3 is 1. The van der Waals surface area contributed by atoms with Crippen molar-refractivity contribution in [3.8, 4) is 11.5 Å². The molecular formula is C17H22N4O4S. The predicted octanol–water partition coefficient (Wildman–Crippen LogP) is 1.35. The van der Waals surface area contributed by atoms with Crippen molar-refractivity contribution < 1.29 is 19.0 Å². The summed E-state index contributed by atoms with van der Waals surface area (Å²) in [5.74, 6) is 2.42. The fourth-order valence-electron chi connectivity index (χ4n) is 2.51. The molecule has 0 aliphatic carbocycles. The van der Waals surface area contributed by atoms with Crippen LogP contribution in [0, 0.1) is 0 Å².